The summed E-state index contributed by atoms with van der Waals surface area (Å²) >= 11 is 11.7. The zero-order valence-electron chi connectivity index (χ0n) is 11.4. The topological polar surface area (TPSA) is 78.4 Å². The molecule has 0 saturated carbocycles. The lowest BCUT2D eigenvalue weighted by atomic mass is 9.97. The molecule has 2 amide bonds. The third-order valence-electron chi connectivity index (χ3n) is 2.30. The predicted octanol–water partition coefficient (Wildman–Crippen LogP) is 3.86. The number of hydrogen-bond acceptors (Lipinski definition) is 2. The quantitative estimate of drug-likeness (QED) is 0.791. The van der Waals surface area contributed by atoms with Crippen LogP contribution in [0.4, 0.5) is 10.5 Å². The fourth-order valence-corrected chi connectivity index (χ4v) is 1.91. The van der Waals surface area contributed by atoms with E-state index in [-0.39, 0.29) is 26.7 Å². The molecule has 0 bridgehead atoms. The first kappa shape index (κ1) is 16.6. The summed E-state index contributed by atoms with van der Waals surface area (Å²) < 4.78 is 0. The average Bonchev–Trinajstić information content (AvgIpc) is 2.28. The maximum atomic E-state index is 11.8. The molecule has 0 aliphatic carbocycles. The molecule has 0 radical (unpaired) electrons. The highest BCUT2D eigenvalue weighted by Gasteiger charge is 2.18. The normalized spacial score (nSPS) is 11.1. The molecule has 5 nitrogen and oxygen atoms in total. The molecular weight excluding hydrogens is 303 g/mol. The standard InChI is InChI=1S/C13H16Cl2N2O3/c1-13(2,3)6-16-12(20)17-10-8(11(18)19)4-7(14)5-9(10)15/h4-5H,6H2,1-3H3,(H,18,19)(H2,16,17,20). The monoisotopic (exact) mass is 318 g/mol. The lowest BCUT2D eigenvalue weighted by molar-refractivity contribution is 0.0698. The highest BCUT2D eigenvalue weighted by Crippen LogP contribution is 2.30. The summed E-state index contributed by atoms with van der Waals surface area (Å²) in [5, 5.41) is 14.4. The Morgan fingerprint density at radius 1 is 1.25 bits per heavy atom. The van der Waals surface area contributed by atoms with E-state index < -0.39 is 12.0 Å². The number of carbonyl (C=O) groups excluding carboxylic acids is 1. The van der Waals surface area contributed by atoms with Gasteiger partial charge in [-0.3, -0.25) is 0 Å². The van der Waals surface area contributed by atoms with Crippen molar-refractivity contribution in [1.29, 1.82) is 0 Å². The minimum Gasteiger partial charge on any atom is -0.478 e. The van der Waals surface area contributed by atoms with E-state index in [4.69, 9.17) is 28.3 Å². The van der Waals surface area contributed by atoms with E-state index in [9.17, 15) is 9.59 Å². The molecule has 1 aromatic carbocycles. The number of benzene rings is 1. The Bertz CT molecular complexity index is 539. The van der Waals surface area contributed by atoms with Gasteiger partial charge in [0.1, 0.15) is 0 Å². The van der Waals surface area contributed by atoms with Gasteiger partial charge in [-0.15, -0.1) is 0 Å². The summed E-state index contributed by atoms with van der Waals surface area (Å²) in [6, 6.07) is 2.08. The minimum absolute atomic E-state index is 0.0231. The predicted molar refractivity (Wildman–Crippen MR) is 79.9 cm³/mol. The average molecular weight is 319 g/mol. The summed E-state index contributed by atoms with van der Waals surface area (Å²) in [7, 11) is 0. The number of hydrogen-bond donors (Lipinski definition) is 3. The van der Waals surface area contributed by atoms with Gasteiger partial charge >= 0.3 is 12.0 Å². The molecule has 0 aliphatic heterocycles. The number of nitrogens with one attached hydrogen (secondary N) is 2. The summed E-state index contributed by atoms with van der Waals surface area (Å²) in [6.45, 7) is 6.33. The maximum absolute atomic E-state index is 11.8. The van der Waals surface area contributed by atoms with Crippen LogP contribution in [0.3, 0.4) is 0 Å². The molecule has 0 spiro atoms. The molecule has 0 saturated heterocycles. The zero-order chi connectivity index (χ0) is 15.5. The number of halogens is 2. The SMILES string of the molecule is CC(C)(C)CNC(=O)Nc1c(Cl)cc(Cl)cc1C(=O)O. The minimum atomic E-state index is -1.22. The Balaban J connectivity index is 2.92. The van der Waals surface area contributed by atoms with Crippen LogP contribution in [0, 0.1) is 5.41 Å². The van der Waals surface area contributed by atoms with Gasteiger partial charge in [0.05, 0.1) is 16.3 Å². The van der Waals surface area contributed by atoms with Crippen molar-refractivity contribution >= 4 is 40.9 Å². The van der Waals surface area contributed by atoms with Gasteiger partial charge < -0.3 is 15.7 Å². The van der Waals surface area contributed by atoms with E-state index in [1.54, 1.807) is 0 Å². The van der Waals surface area contributed by atoms with Gasteiger partial charge in [-0.1, -0.05) is 44.0 Å². The summed E-state index contributed by atoms with van der Waals surface area (Å²) in [5.74, 6) is -1.22. The molecule has 0 fully saturated rings. The fourth-order valence-electron chi connectivity index (χ4n) is 1.37. The number of rotatable bonds is 3. The molecule has 7 heteroatoms. The Kier molecular flexibility index (Phi) is 5.25. The third-order valence-corrected chi connectivity index (χ3v) is 2.82. The number of amides is 2. The summed E-state index contributed by atoms with van der Waals surface area (Å²) in [5.41, 5.74) is -0.222. The number of aromatic carboxylic acids is 1. The number of anilines is 1. The second-order valence-electron chi connectivity index (χ2n) is 5.48. The third kappa shape index (κ3) is 4.90. The van der Waals surface area contributed by atoms with Gasteiger partial charge in [0, 0.05) is 11.6 Å². The number of carboxylic acids is 1. The van der Waals surface area contributed by atoms with Crippen molar-refractivity contribution in [3.05, 3.63) is 27.7 Å². The zero-order valence-corrected chi connectivity index (χ0v) is 12.9. The van der Waals surface area contributed by atoms with Gasteiger partial charge in [0.15, 0.2) is 0 Å². The van der Waals surface area contributed by atoms with E-state index in [0.29, 0.717) is 6.54 Å². The smallest absolute Gasteiger partial charge is 0.337 e. The van der Waals surface area contributed by atoms with E-state index >= 15 is 0 Å². The van der Waals surface area contributed by atoms with E-state index in [1.807, 2.05) is 20.8 Å². The van der Waals surface area contributed by atoms with Crippen LogP contribution >= 0.6 is 23.2 Å². The van der Waals surface area contributed by atoms with E-state index in [1.165, 1.54) is 12.1 Å². The number of carbonyl (C=O) groups is 2. The van der Waals surface area contributed by atoms with Crippen molar-refractivity contribution < 1.29 is 14.7 Å². The Labute approximate surface area is 127 Å². The molecule has 110 valence electrons. The molecule has 1 rings (SSSR count). The molecule has 20 heavy (non-hydrogen) atoms. The molecule has 0 aliphatic rings. The number of urea groups is 1. The Morgan fingerprint density at radius 2 is 1.85 bits per heavy atom. The van der Waals surface area contributed by atoms with Crippen molar-refractivity contribution in [2.24, 2.45) is 5.41 Å². The fraction of sp³-hybridized carbons (Fsp3) is 0.385. The molecule has 0 atom stereocenters. The van der Waals surface area contributed by atoms with Gasteiger partial charge in [-0.25, -0.2) is 9.59 Å². The highest BCUT2D eigenvalue weighted by molar-refractivity contribution is 6.37. The van der Waals surface area contributed by atoms with Gasteiger partial charge in [-0.05, 0) is 17.5 Å². The van der Waals surface area contributed by atoms with Gasteiger partial charge in [0.25, 0.3) is 0 Å². The highest BCUT2D eigenvalue weighted by atomic mass is 35.5. The van der Waals surface area contributed by atoms with Crippen molar-refractivity contribution in [1.82, 2.24) is 5.32 Å². The first-order valence-electron chi connectivity index (χ1n) is 5.87. The molecule has 0 heterocycles. The molecule has 0 unspecified atom stereocenters. The van der Waals surface area contributed by atoms with E-state index in [2.05, 4.69) is 10.6 Å². The number of carboxylic acid groups (broad SMARTS) is 1. The van der Waals surface area contributed by atoms with Gasteiger partial charge in [0.2, 0.25) is 0 Å². The van der Waals surface area contributed by atoms with Crippen LogP contribution in [0.15, 0.2) is 12.1 Å². The van der Waals surface area contributed by atoms with Crippen LogP contribution in [0.5, 0.6) is 0 Å². The van der Waals surface area contributed by atoms with Crippen LogP contribution in [0.1, 0.15) is 31.1 Å². The van der Waals surface area contributed by atoms with Crippen molar-refractivity contribution in [2.45, 2.75) is 20.8 Å². The molecule has 3 N–H and O–H groups in total. The van der Waals surface area contributed by atoms with Crippen LogP contribution in [0.25, 0.3) is 0 Å². The lowest BCUT2D eigenvalue weighted by Gasteiger charge is -2.19. The second kappa shape index (κ2) is 6.33. The first-order valence-corrected chi connectivity index (χ1v) is 6.63. The maximum Gasteiger partial charge on any atom is 0.337 e. The van der Waals surface area contributed by atoms with Crippen molar-refractivity contribution in [2.75, 3.05) is 11.9 Å². The van der Waals surface area contributed by atoms with Crippen LogP contribution in [0.2, 0.25) is 10.0 Å². The Hall–Kier alpha value is -1.46. The summed E-state index contributed by atoms with van der Waals surface area (Å²) in [6.07, 6.45) is 0. The lowest BCUT2D eigenvalue weighted by Crippen LogP contribution is -2.35. The Morgan fingerprint density at radius 3 is 2.35 bits per heavy atom. The van der Waals surface area contributed by atoms with Crippen molar-refractivity contribution in [3.8, 4) is 0 Å². The van der Waals surface area contributed by atoms with Crippen LogP contribution in [-0.4, -0.2) is 23.7 Å². The molecule has 0 aromatic heterocycles. The second-order valence-corrected chi connectivity index (χ2v) is 6.33. The molecule has 1 aromatic rings. The van der Waals surface area contributed by atoms with Crippen LogP contribution < -0.4 is 10.6 Å². The first-order chi connectivity index (χ1) is 9.10. The van der Waals surface area contributed by atoms with E-state index in [0.717, 1.165) is 0 Å². The summed E-state index contributed by atoms with van der Waals surface area (Å²) in [4.78, 5) is 22.9. The largest absolute Gasteiger partial charge is 0.478 e. The molecular formula is C13H16Cl2N2O3. The van der Waals surface area contributed by atoms with Crippen molar-refractivity contribution in [3.63, 3.8) is 0 Å². The van der Waals surface area contributed by atoms with Crippen LogP contribution in [-0.2, 0) is 0 Å². The van der Waals surface area contributed by atoms with Gasteiger partial charge in [-0.2, -0.15) is 0 Å².